The fraction of sp³-hybridized carbons (Fsp3) is 0.292. The molecule has 4 aromatic rings. The lowest BCUT2D eigenvalue weighted by atomic mass is 9.89. The summed E-state index contributed by atoms with van der Waals surface area (Å²) in [5, 5.41) is 16.8. The Bertz CT molecular complexity index is 1550. The third-order valence-corrected chi connectivity index (χ3v) is 8.80. The van der Waals surface area contributed by atoms with E-state index in [9.17, 15) is 13.7 Å². The van der Waals surface area contributed by atoms with E-state index in [1.807, 2.05) is 30.5 Å². The second-order valence-corrected chi connectivity index (χ2v) is 11.3. The van der Waals surface area contributed by atoms with Gasteiger partial charge in [0.25, 0.3) is 0 Å². The maximum Gasteiger partial charge on any atom is 0.227 e. The molecule has 0 bridgehead atoms. The normalized spacial score (nSPS) is 17.3. The zero-order valence-electron chi connectivity index (χ0n) is 19.1. The predicted octanol–water partition coefficient (Wildman–Crippen LogP) is 3.16. The molecule has 0 atom stereocenters. The summed E-state index contributed by atoms with van der Waals surface area (Å²) in [5.74, 6) is 1.07. The van der Waals surface area contributed by atoms with E-state index < -0.39 is 15.6 Å². The Morgan fingerprint density at radius 1 is 1.19 bits per heavy atom. The van der Waals surface area contributed by atoms with Crippen molar-refractivity contribution in [2.75, 3.05) is 18.4 Å². The maximum absolute atomic E-state index is 12.6. The van der Waals surface area contributed by atoms with Gasteiger partial charge in [0.15, 0.2) is 12.2 Å². The molecule has 1 aliphatic heterocycles. The molecular weight excluding hydrogens is 480 g/mol. The van der Waals surface area contributed by atoms with Gasteiger partial charge in [-0.2, -0.15) is 14.7 Å². The summed E-state index contributed by atoms with van der Waals surface area (Å²) >= 11 is 0. The molecule has 1 aliphatic carbocycles. The van der Waals surface area contributed by atoms with Gasteiger partial charge in [-0.25, -0.2) is 23.4 Å². The highest BCUT2D eigenvalue weighted by Gasteiger charge is 2.53. The number of hydrogen-bond acceptors (Lipinski definition) is 9. The van der Waals surface area contributed by atoms with Crippen molar-refractivity contribution in [2.45, 2.75) is 30.1 Å². The average Bonchev–Trinajstić information content (AvgIpc) is 3.37. The summed E-state index contributed by atoms with van der Waals surface area (Å²) in [4.78, 5) is 12.9. The minimum Gasteiger partial charge on any atom is -0.444 e. The largest absolute Gasteiger partial charge is 0.444 e. The van der Waals surface area contributed by atoms with Crippen LogP contribution in [0.1, 0.15) is 19.3 Å². The molecule has 182 valence electrons. The fourth-order valence-electron chi connectivity index (χ4n) is 4.38. The van der Waals surface area contributed by atoms with Crippen molar-refractivity contribution >= 4 is 21.7 Å². The highest BCUT2D eigenvalue weighted by molar-refractivity contribution is 7.90. The van der Waals surface area contributed by atoms with Crippen LogP contribution in [-0.4, -0.2) is 55.8 Å². The first-order valence-corrected chi connectivity index (χ1v) is 13.0. The zero-order chi connectivity index (χ0) is 24.8. The highest BCUT2D eigenvalue weighted by atomic mass is 32.2. The Balaban J connectivity index is 1.21. The summed E-state index contributed by atoms with van der Waals surface area (Å²) in [5.41, 5.74) is 2.38. The van der Waals surface area contributed by atoms with Crippen LogP contribution in [-0.2, 0) is 15.6 Å². The van der Waals surface area contributed by atoms with Gasteiger partial charge in [-0.15, -0.1) is 0 Å². The predicted molar refractivity (Wildman–Crippen MR) is 130 cm³/mol. The molecule has 6 rings (SSSR count). The van der Waals surface area contributed by atoms with E-state index in [1.165, 1.54) is 10.7 Å². The van der Waals surface area contributed by atoms with Crippen molar-refractivity contribution in [2.24, 2.45) is 0 Å². The van der Waals surface area contributed by atoms with E-state index in [-0.39, 0.29) is 24.8 Å². The molecule has 4 heterocycles. The number of aromatic nitrogens is 5. The fourth-order valence-corrected chi connectivity index (χ4v) is 6.38. The minimum absolute atomic E-state index is 0.170. The van der Waals surface area contributed by atoms with Crippen molar-refractivity contribution in [3.05, 3.63) is 61.5 Å². The molecule has 0 radical (unpaired) electrons. The molecule has 1 saturated heterocycles. The zero-order valence-corrected chi connectivity index (χ0v) is 20.0. The van der Waals surface area contributed by atoms with Crippen LogP contribution in [0.15, 0.2) is 65.9 Å². The number of benzene rings is 1. The molecule has 0 unspecified atom stereocenters. The van der Waals surface area contributed by atoms with Crippen LogP contribution in [0.5, 0.6) is 0 Å². The van der Waals surface area contributed by atoms with Gasteiger partial charge in [-0.3, -0.25) is 4.68 Å². The molecular formula is C24H22N8O3S. The molecule has 1 aromatic carbocycles. The van der Waals surface area contributed by atoms with Gasteiger partial charge in [0.05, 0.1) is 35.8 Å². The molecule has 0 spiro atoms. The van der Waals surface area contributed by atoms with Gasteiger partial charge in [0, 0.05) is 42.3 Å². The first kappa shape index (κ1) is 22.4. The smallest absolute Gasteiger partial charge is 0.227 e. The molecule has 1 N–H and O–H groups in total. The summed E-state index contributed by atoms with van der Waals surface area (Å²) in [6.07, 6.45) is 9.77. The first-order chi connectivity index (χ1) is 17.5. The summed E-state index contributed by atoms with van der Waals surface area (Å²) in [6, 6.07) is 11.6. The van der Waals surface area contributed by atoms with E-state index in [1.54, 1.807) is 29.3 Å². The number of nitrogens with one attached hydrogen (secondary N) is 1. The van der Waals surface area contributed by atoms with Crippen molar-refractivity contribution in [3.63, 3.8) is 0 Å². The van der Waals surface area contributed by atoms with E-state index >= 15 is 0 Å². The van der Waals surface area contributed by atoms with Crippen molar-refractivity contribution < 1.29 is 12.8 Å². The molecule has 3 aromatic heterocycles. The van der Waals surface area contributed by atoms with Crippen LogP contribution in [0.2, 0.25) is 0 Å². The molecule has 1 saturated carbocycles. The number of hydrogen-bond donors (Lipinski definition) is 1. The van der Waals surface area contributed by atoms with Gasteiger partial charge >= 0.3 is 0 Å². The number of sulfonamides is 1. The number of nitriles is 1. The molecule has 36 heavy (non-hydrogen) atoms. The molecule has 2 aliphatic rings. The Morgan fingerprint density at radius 2 is 2.06 bits per heavy atom. The van der Waals surface area contributed by atoms with Crippen molar-refractivity contribution in [1.82, 2.24) is 29.0 Å². The SMILES string of the molecule is N#CCC1(n2cc(-c3ccnc(Nc4cccc(-c5cnco5)c4)n3)cn2)CN(S(=O)(=O)C2CC2)C1. The van der Waals surface area contributed by atoms with E-state index in [2.05, 4.69) is 31.4 Å². The second kappa shape index (κ2) is 8.54. The highest BCUT2D eigenvalue weighted by Crippen LogP contribution is 2.40. The number of oxazole rings is 1. The quantitative estimate of drug-likeness (QED) is 0.384. The van der Waals surface area contributed by atoms with Gasteiger partial charge in [0.1, 0.15) is 5.54 Å². The minimum atomic E-state index is -3.28. The van der Waals surface area contributed by atoms with Crippen LogP contribution in [0.4, 0.5) is 11.6 Å². The van der Waals surface area contributed by atoms with Crippen molar-refractivity contribution in [1.29, 1.82) is 5.26 Å². The van der Waals surface area contributed by atoms with Gasteiger partial charge < -0.3 is 9.73 Å². The summed E-state index contributed by atoms with van der Waals surface area (Å²) < 4.78 is 33.7. The molecule has 0 amide bonds. The van der Waals surface area contributed by atoms with E-state index in [4.69, 9.17) is 4.42 Å². The third kappa shape index (κ3) is 4.02. The first-order valence-electron chi connectivity index (χ1n) is 11.5. The van der Waals surface area contributed by atoms with E-state index in [0.29, 0.717) is 30.2 Å². The summed E-state index contributed by atoms with van der Waals surface area (Å²) in [7, 11) is -3.28. The maximum atomic E-state index is 12.6. The van der Waals surface area contributed by atoms with Crippen molar-refractivity contribution in [3.8, 4) is 28.7 Å². The third-order valence-electron chi connectivity index (χ3n) is 6.51. The second-order valence-electron chi connectivity index (χ2n) is 9.08. The monoisotopic (exact) mass is 502 g/mol. The van der Waals surface area contributed by atoms with Crippen LogP contribution in [0, 0.1) is 11.3 Å². The lowest BCUT2D eigenvalue weighted by Gasteiger charge is -2.48. The van der Waals surface area contributed by atoms with Gasteiger partial charge in [0.2, 0.25) is 16.0 Å². The number of anilines is 2. The molecule has 11 nitrogen and oxygen atoms in total. The summed E-state index contributed by atoms with van der Waals surface area (Å²) in [6.45, 7) is 0.497. The topological polar surface area (TPSA) is 143 Å². The Hall–Kier alpha value is -4.08. The van der Waals surface area contributed by atoms with Crippen LogP contribution in [0.25, 0.3) is 22.6 Å². The lowest BCUT2D eigenvalue weighted by molar-refractivity contribution is 0.0716. The number of nitrogens with zero attached hydrogens (tertiary/aromatic N) is 7. The molecule has 2 fully saturated rings. The van der Waals surface area contributed by atoms with Gasteiger partial charge in [-0.05, 0) is 31.0 Å². The van der Waals surface area contributed by atoms with Gasteiger partial charge in [-0.1, -0.05) is 12.1 Å². The Labute approximate surface area is 207 Å². The number of rotatable bonds is 8. The standard InChI is InChI=1S/C24H22N8O3S/c25-8-7-24(14-31(15-24)36(33,34)20-4-5-20)32-13-18(11-28-32)21-6-9-27-23(30-21)29-19-3-1-2-17(10-19)22-12-26-16-35-22/h1-3,6,9-13,16,20H,4-5,7,14-15H2,(H,27,29,30). The average molecular weight is 503 g/mol. The van der Waals surface area contributed by atoms with Crippen LogP contribution < -0.4 is 5.32 Å². The van der Waals surface area contributed by atoms with Crippen LogP contribution in [0.3, 0.4) is 0 Å². The van der Waals surface area contributed by atoms with Crippen LogP contribution >= 0.6 is 0 Å². The Kier molecular flexibility index (Phi) is 5.31. The lowest BCUT2D eigenvalue weighted by Crippen LogP contribution is -2.64. The molecule has 12 heteroatoms. The van der Waals surface area contributed by atoms with E-state index in [0.717, 1.165) is 16.8 Å². The Morgan fingerprint density at radius 3 is 2.81 bits per heavy atom.